The number of fused-ring (bicyclic) bond motifs is 1. The fraction of sp³-hybridized carbons (Fsp3) is 0.467. The molecule has 0 spiro atoms. The van der Waals surface area contributed by atoms with E-state index in [1.54, 1.807) is 0 Å². The van der Waals surface area contributed by atoms with E-state index in [1.807, 2.05) is 71.9 Å². The van der Waals surface area contributed by atoms with Crippen LogP contribution in [0, 0.1) is 0 Å². The van der Waals surface area contributed by atoms with Crippen LogP contribution < -0.4 is 0 Å². The van der Waals surface area contributed by atoms with Gasteiger partial charge in [0.05, 0.1) is 16.8 Å². The summed E-state index contributed by atoms with van der Waals surface area (Å²) in [7, 11) is 0. The van der Waals surface area contributed by atoms with Crippen molar-refractivity contribution >= 4 is 22.7 Å². The van der Waals surface area contributed by atoms with Gasteiger partial charge in [-0.05, 0) is 82.7 Å². The summed E-state index contributed by atoms with van der Waals surface area (Å²) < 4.78 is 11.7. The summed E-state index contributed by atoms with van der Waals surface area (Å²) in [6.07, 6.45) is 5.34. The average molecular weight is 476 g/mol. The average Bonchev–Trinajstić information content (AvgIpc) is 3.18. The van der Waals surface area contributed by atoms with E-state index >= 15 is 0 Å². The molecule has 0 unspecified atom stereocenters. The summed E-state index contributed by atoms with van der Waals surface area (Å²) in [5, 5.41) is 2.18. The summed E-state index contributed by atoms with van der Waals surface area (Å²) in [6.45, 7) is 11.0. The van der Waals surface area contributed by atoms with E-state index in [1.165, 1.54) is 6.42 Å². The Labute approximate surface area is 208 Å². The molecule has 1 aromatic heterocycles. The lowest BCUT2D eigenvalue weighted by atomic mass is 9.85. The second-order valence-electron chi connectivity index (χ2n) is 11.6. The molecule has 5 nitrogen and oxygen atoms in total. The van der Waals surface area contributed by atoms with Crippen LogP contribution in [0.5, 0.6) is 0 Å². The first-order chi connectivity index (χ1) is 16.4. The molecule has 0 radical (unpaired) electrons. The zero-order valence-electron chi connectivity index (χ0n) is 21.8. The monoisotopic (exact) mass is 475 g/mol. The molecule has 0 saturated heterocycles. The van der Waals surface area contributed by atoms with Crippen molar-refractivity contribution in [3.63, 3.8) is 0 Å². The van der Waals surface area contributed by atoms with Gasteiger partial charge < -0.3 is 14.5 Å². The van der Waals surface area contributed by atoms with Gasteiger partial charge in [-0.3, -0.25) is 0 Å². The largest absolute Gasteiger partial charge is 0.456 e. The Morgan fingerprint density at radius 2 is 1.34 bits per heavy atom. The number of rotatable bonds is 4. The summed E-state index contributed by atoms with van der Waals surface area (Å²) >= 11 is 0. The van der Waals surface area contributed by atoms with Crippen LogP contribution in [0.3, 0.4) is 0 Å². The maximum absolute atomic E-state index is 13.7. The Hall–Kier alpha value is -3.08. The van der Waals surface area contributed by atoms with E-state index < -0.39 is 23.1 Å². The van der Waals surface area contributed by atoms with Gasteiger partial charge in [0.25, 0.3) is 0 Å². The number of H-pyrrole nitrogens is 1. The van der Waals surface area contributed by atoms with Crippen LogP contribution in [0.25, 0.3) is 22.0 Å². The van der Waals surface area contributed by atoms with Crippen molar-refractivity contribution in [1.82, 2.24) is 4.98 Å². The van der Waals surface area contributed by atoms with Gasteiger partial charge in [-0.15, -0.1) is 0 Å². The molecule has 5 heteroatoms. The van der Waals surface area contributed by atoms with E-state index in [4.69, 9.17) is 9.47 Å². The first-order valence-corrected chi connectivity index (χ1v) is 12.6. The molecule has 0 amide bonds. The number of esters is 2. The molecule has 1 heterocycles. The van der Waals surface area contributed by atoms with Gasteiger partial charge in [-0.2, -0.15) is 0 Å². The van der Waals surface area contributed by atoms with Crippen molar-refractivity contribution < 1.29 is 19.1 Å². The quantitative estimate of drug-likeness (QED) is 0.391. The molecular formula is C30H37NO4. The van der Waals surface area contributed by atoms with Gasteiger partial charge in [0.2, 0.25) is 0 Å². The van der Waals surface area contributed by atoms with Crippen molar-refractivity contribution in [3.05, 3.63) is 59.3 Å². The van der Waals surface area contributed by atoms with Crippen molar-refractivity contribution in [2.75, 3.05) is 0 Å². The fourth-order valence-electron chi connectivity index (χ4n) is 4.85. The van der Waals surface area contributed by atoms with Crippen LogP contribution in [0.2, 0.25) is 0 Å². The number of hydrogen-bond acceptors (Lipinski definition) is 4. The number of aromatic nitrogens is 1. The van der Waals surface area contributed by atoms with E-state index in [2.05, 4.69) is 17.1 Å². The molecule has 0 atom stereocenters. The number of hydrogen-bond donors (Lipinski definition) is 1. The van der Waals surface area contributed by atoms with E-state index in [-0.39, 0.29) is 11.5 Å². The second-order valence-corrected chi connectivity index (χ2v) is 11.6. The number of ether oxygens (including phenoxy) is 2. The van der Waals surface area contributed by atoms with Crippen LogP contribution in [-0.4, -0.2) is 28.1 Å². The first kappa shape index (κ1) is 25.0. The normalized spacial score (nSPS) is 15.3. The molecular weight excluding hydrogens is 438 g/mol. The topological polar surface area (TPSA) is 68.4 Å². The van der Waals surface area contributed by atoms with Crippen molar-refractivity contribution in [3.8, 4) is 11.3 Å². The van der Waals surface area contributed by atoms with Crippen LogP contribution in [0.4, 0.5) is 0 Å². The third kappa shape index (κ3) is 5.77. The highest BCUT2D eigenvalue weighted by molar-refractivity contribution is 6.09. The molecule has 1 saturated carbocycles. The van der Waals surface area contributed by atoms with Crippen LogP contribution in [0.1, 0.15) is 106 Å². The summed E-state index contributed by atoms with van der Waals surface area (Å²) in [5.74, 6) is -0.830. The minimum atomic E-state index is -0.703. The van der Waals surface area contributed by atoms with Gasteiger partial charge >= 0.3 is 11.9 Å². The minimum Gasteiger partial charge on any atom is -0.456 e. The number of carbonyl (C=O) groups is 2. The van der Waals surface area contributed by atoms with Crippen molar-refractivity contribution in [2.45, 2.75) is 90.8 Å². The molecule has 3 aromatic rings. The van der Waals surface area contributed by atoms with Crippen LogP contribution >= 0.6 is 0 Å². The van der Waals surface area contributed by atoms with Gasteiger partial charge in [0, 0.05) is 5.69 Å². The van der Waals surface area contributed by atoms with Crippen LogP contribution in [0.15, 0.2) is 42.5 Å². The van der Waals surface area contributed by atoms with Gasteiger partial charge in [0.1, 0.15) is 11.2 Å². The third-order valence-corrected chi connectivity index (χ3v) is 6.29. The minimum absolute atomic E-state index is 0.168. The Morgan fingerprint density at radius 3 is 1.94 bits per heavy atom. The molecule has 0 aliphatic heterocycles. The highest BCUT2D eigenvalue weighted by Crippen LogP contribution is 2.40. The molecule has 4 rings (SSSR count). The predicted molar refractivity (Wildman–Crippen MR) is 140 cm³/mol. The lowest BCUT2D eigenvalue weighted by Crippen LogP contribution is -2.28. The van der Waals surface area contributed by atoms with E-state index in [9.17, 15) is 9.59 Å². The summed E-state index contributed by atoms with van der Waals surface area (Å²) in [6, 6.07) is 14.2. The lowest BCUT2D eigenvalue weighted by Gasteiger charge is -2.24. The molecule has 1 aliphatic rings. The van der Waals surface area contributed by atoms with Crippen molar-refractivity contribution in [2.24, 2.45) is 0 Å². The van der Waals surface area contributed by atoms with E-state index in [0.29, 0.717) is 11.3 Å². The third-order valence-electron chi connectivity index (χ3n) is 6.29. The Bertz CT molecular complexity index is 1230. The molecule has 1 N–H and O–H groups in total. The molecule has 0 bridgehead atoms. The number of carbonyl (C=O) groups excluding carboxylic acids is 2. The zero-order chi connectivity index (χ0) is 25.4. The van der Waals surface area contributed by atoms with Gasteiger partial charge in [0.15, 0.2) is 0 Å². The first-order valence-electron chi connectivity index (χ1n) is 12.6. The van der Waals surface area contributed by atoms with Gasteiger partial charge in [-0.1, -0.05) is 55.7 Å². The maximum Gasteiger partial charge on any atom is 0.341 e. The lowest BCUT2D eigenvalue weighted by molar-refractivity contribution is 0.00192. The van der Waals surface area contributed by atoms with Gasteiger partial charge in [-0.25, -0.2) is 9.59 Å². The number of nitrogens with one attached hydrogen (secondary N) is 1. The predicted octanol–water partition coefficient (Wildman–Crippen LogP) is 7.79. The Morgan fingerprint density at radius 1 is 0.771 bits per heavy atom. The van der Waals surface area contributed by atoms with Crippen molar-refractivity contribution in [1.29, 1.82) is 0 Å². The highest BCUT2D eigenvalue weighted by Gasteiger charge is 2.36. The Balaban J connectivity index is 1.95. The highest BCUT2D eigenvalue weighted by atomic mass is 16.6. The molecule has 186 valence electrons. The number of benzene rings is 2. The fourth-order valence-corrected chi connectivity index (χ4v) is 4.85. The molecule has 2 aromatic carbocycles. The maximum atomic E-state index is 13.7. The molecule has 1 fully saturated rings. The zero-order valence-corrected chi connectivity index (χ0v) is 21.8. The number of aromatic amines is 1. The smallest absolute Gasteiger partial charge is 0.341 e. The molecule has 35 heavy (non-hydrogen) atoms. The molecule has 1 aliphatic carbocycles. The summed E-state index contributed by atoms with van der Waals surface area (Å²) in [5.41, 5.74) is 1.46. The Kier molecular flexibility index (Phi) is 6.81. The SMILES string of the molecule is CC(C)(C)OC(=O)c1c(-c2ccc3ccccc3c2)[nH]c(C2CCCCC2)c1C(=O)OC(C)(C)C. The summed E-state index contributed by atoms with van der Waals surface area (Å²) in [4.78, 5) is 30.8. The standard InChI is InChI=1S/C30H37NO4/c1-29(2,3)34-27(32)23-24(28(33)35-30(4,5)6)26(31-25(23)20-13-8-7-9-14-20)22-17-16-19-12-10-11-15-21(19)18-22/h10-12,15-18,20,31H,7-9,13-14H2,1-6H3. The van der Waals surface area contributed by atoms with Crippen LogP contribution in [-0.2, 0) is 9.47 Å². The van der Waals surface area contributed by atoms with E-state index in [0.717, 1.165) is 47.7 Å². The second kappa shape index (κ2) is 9.52.